The highest BCUT2D eigenvalue weighted by Gasteiger charge is 2.25. The third-order valence-electron chi connectivity index (χ3n) is 3.11. The molecule has 0 bridgehead atoms. The molecule has 104 valence electrons. The van der Waals surface area contributed by atoms with Gasteiger partial charge in [0.25, 0.3) is 0 Å². The fourth-order valence-corrected chi connectivity index (χ4v) is 3.09. The molecule has 1 heterocycles. The Kier molecular flexibility index (Phi) is 3.88. The largest absolute Gasteiger partial charge is 0.318 e. The van der Waals surface area contributed by atoms with Gasteiger partial charge in [-0.3, -0.25) is 4.79 Å². The SMILES string of the molecule is CNCCNS(=O)(=O)c1ccc2c(c1)CC(=O)N2C. The van der Waals surface area contributed by atoms with Crippen molar-refractivity contribution < 1.29 is 13.2 Å². The topological polar surface area (TPSA) is 78.5 Å². The number of rotatable bonds is 5. The normalized spacial score (nSPS) is 14.8. The van der Waals surface area contributed by atoms with Crippen molar-refractivity contribution in [3.05, 3.63) is 23.8 Å². The highest BCUT2D eigenvalue weighted by atomic mass is 32.2. The summed E-state index contributed by atoms with van der Waals surface area (Å²) in [5.41, 5.74) is 1.53. The van der Waals surface area contributed by atoms with Crippen molar-refractivity contribution in [3.63, 3.8) is 0 Å². The zero-order valence-corrected chi connectivity index (χ0v) is 11.8. The first kappa shape index (κ1) is 14.0. The van der Waals surface area contributed by atoms with E-state index >= 15 is 0 Å². The molecule has 1 amide bonds. The molecular formula is C12H17N3O3S. The molecule has 1 aromatic rings. The molecule has 19 heavy (non-hydrogen) atoms. The Morgan fingerprint density at radius 1 is 1.32 bits per heavy atom. The number of fused-ring (bicyclic) bond motifs is 1. The van der Waals surface area contributed by atoms with E-state index in [9.17, 15) is 13.2 Å². The first-order chi connectivity index (χ1) is 8.95. The van der Waals surface area contributed by atoms with Crippen molar-refractivity contribution in [1.82, 2.24) is 10.0 Å². The van der Waals surface area contributed by atoms with Crippen molar-refractivity contribution in [2.24, 2.45) is 0 Å². The van der Waals surface area contributed by atoms with Gasteiger partial charge in [-0.15, -0.1) is 0 Å². The van der Waals surface area contributed by atoms with Crippen LogP contribution in [0.3, 0.4) is 0 Å². The summed E-state index contributed by atoms with van der Waals surface area (Å²) in [6, 6.07) is 4.76. The van der Waals surface area contributed by atoms with E-state index in [1.807, 2.05) is 0 Å². The maximum atomic E-state index is 12.0. The highest BCUT2D eigenvalue weighted by molar-refractivity contribution is 7.89. The first-order valence-electron chi connectivity index (χ1n) is 5.99. The number of likely N-dealkylation sites (N-methyl/N-ethyl adjacent to an activating group) is 2. The molecule has 0 spiro atoms. The van der Waals surface area contributed by atoms with Gasteiger partial charge in [-0.05, 0) is 30.8 Å². The number of hydrogen-bond acceptors (Lipinski definition) is 4. The van der Waals surface area contributed by atoms with Crippen LogP contribution in [0, 0.1) is 0 Å². The second-order valence-electron chi connectivity index (χ2n) is 4.42. The molecule has 1 aromatic carbocycles. The minimum absolute atomic E-state index is 0.0207. The Bertz CT molecular complexity index is 598. The predicted octanol–water partition coefficient (Wildman–Crippen LogP) is -0.297. The lowest BCUT2D eigenvalue weighted by molar-refractivity contribution is -0.117. The van der Waals surface area contributed by atoms with E-state index in [4.69, 9.17) is 0 Å². The average molecular weight is 283 g/mol. The van der Waals surface area contributed by atoms with Gasteiger partial charge in [0, 0.05) is 25.8 Å². The molecule has 0 saturated carbocycles. The van der Waals surface area contributed by atoms with E-state index < -0.39 is 10.0 Å². The van der Waals surface area contributed by atoms with Gasteiger partial charge in [-0.1, -0.05) is 0 Å². The third-order valence-corrected chi connectivity index (χ3v) is 4.56. The monoisotopic (exact) mass is 283 g/mol. The smallest absolute Gasteiger partial charge is 0.240 e. The fourth-order valence-electron chi connectivity index (χ4n) is 2.01. The molecule has 1 aliphatic heterocycles. The number of anilines is 1. The number of sulfonamides is 1. The Morgan fingerprint density at radius 2 is 2.05 bits per heavy atom. The molecule has 0 saturated heterocycles. The molecule has 0 unspecified atom stereocenters. The first-order valence-corrected chi connectivity index (χ1v) is 7.48. The summed E-state index contributed by atoms with van der Waals surface area (Å²) in [6.07, 6.45) is 0.256. The van der Waals surface area contributed by atoms with Crippen molar-refractivity contribution in [1.29, 1.82) is 0 Å². The maximum Gasteiger partial charge on any atom is 0.240 e. The Labute approximate surface area is 112 Å². The lowest BCUT2D eigenvalue weighted by Crippen LogP contribution is -2.30. The lowest BCUT2D eigenvalue weighted by Gasteiger charge is -2.11. The maximum absolute atomic E-state index is 12.0. The van der Waals surface area contributed by atoms with Crippen LogP contribution in [0.15, 0.2) is 23.1 Å². The van der Waals surface area contributed by atoms with E-state index in [-0.39, 0.29) is 17.2 Å². The van der Waals surface area contributed by atoms with Gasteiger partial charge in [0.2, 0.25) is 15.9 Å². The number of carbonyl (C=O) groups excluding carboxylic acids is 1. The second-order valence-corrected chi connectivity index (χ2v) is 6.19. The number of nitrogens with zero attached hydrogens (tertiary/aromatic N) is 1. The zero-order chi connectivity index (χ0) is 14.0. The number of nitrogens with one attached hydrogen (secondary N) is 2. The molecule has 0 atom stereocenters. The van der Waals surface area contributed by atoms with E-state index in [0.29, 0.717) is 13.1 Å². The number of hydrogen-bond donors (Lipinski definition) is 2. The van der Waals surface area contributed by atoms with E-state index in [1.54, 1.807) is 31.1 Å². The van der Waals surface area contributed by atoms with Gasteiger partial charge in [0.15, 0.2) is 0 Å². The van der Waals surface area contributed by atoms with Crippen molar-refractivity contribution >= 4 is 21.6 Å². The Morgan fingerprint density at radius 3 is 2.74 bits per heavy atom. The molecule has 0 fully saturated rings. The van der Waals surface area contributed by atoms with Crippen LogP contribution in [0.2, 0.25) is 0 Å². The third kappa shape index (κ3) is 2.78. The van der Waals surface area contributed by atoms with Crippen LogP contribution < -0.4 is 14.9 Å². The molecule has 0 aromatic heterocycles. The Hall–Kier alpha value is -1.44. The molecule has 1 aliphatic rings. The number of carbonyl (C=O) groups is 1. The summed E-state index contributed by atoms with van der Waals surface area (Å²) in [7, 11) is -0.0658. The molecule has 0 radical (unpaired) electrons. The summed E-state index contributed by atoms with van der Waals surface area (Å²) in [4.78, 5) is 13.3. The highest BCUT2D eigenvalue weighted by Crippen LogP contribution is 2.29. The van der Waals surface area contributed by atoms with E-state index in [1.165, 1.54) is 6.07 Å². The summed E-state index contributed by atoms with van der Waals surface area (Å²) in [6.45, 7) is 0.889. The second kappa shape index (κ2) is 5.28. The van der Waals surface area contributed by atoms with Crippen molar-refractivity contribution in [2.45, 2.75) is 11.3 Å². The van der Waals surface area contributed by atoms with Gasteiger partial charge < -0.3 is 10.2 Å². The lowest BCUT2D eigenvalue weighted by atomic mass is 10.2. The summed E-state index contributed by atoms with van der Waals surface area (Å²) in [5.74, 6) is -0.0207. The van der Waals surface area contributed by atoms with Crippen LogP contribution in [0.4, 0.5) is 5.69 Å². The fraction of sp³-hybridized carbons (Fsp3) is 0.417. The van der Waals surface area contributed by atoms with Crippen molar-refractivity contribution in [3.8, 4) is 0 Å². The van der Waals surface area contributed by atoms with Crippen LogP contribution in [0.5, 0.6) is 0 Å². The van der Waals surface area contributed by atoms with Crippen LogP contribution in [-0.2, 0) is 21.2 Å². The zero-order valence-electron chi connectivity index (χ0n) is 10.9. The van der Waals surface area contributed by atoms with Crippen LogP contribution >= 0.6 is 0 Å². The van der Waals surface area contributed by atoms with E-state index in [0.717, 1.165) is 11.3 Å². The quantitative estimate of drug-likeness (QED) is 0.728. The number of benzene rings is 1. The van der Waals surface area contributed by atoms with Gasteiger partial charge in [-0.2, -0.15) is 0 Å². The number of amides is 1. The van der Waals surface area contributed by atoms with Gasteiger partial charge in [0.1, 0.15) is 0 Å². The van der Waals surface area contributed by atoms with E-state index in [2.05, 4.69) is 10.0 Å². The summed E-state index contributed by atoms with van der Waals surface area (Å²) < 4.78 is 26.6. The molecule has 0 aliphatic carbocycles. The summed E-state index contributed by atoms with van der Waals surface area (Å²) >= 11 is 0. The average Bonchev–Trinajstić information content (AvgIpc) is 2.65. The van der Waals surface area contributed by atoms with Gasteiger partial charge in [-0.25, -0.2) is 13.1 Å². The van der Waals surface area contributed by atoms with Crippen LogP contribution in [0.25, 0.3) is 0 Å². The van der Waals surface area contributed by atoms with Crippen LogP contribution in [-0.4, -0.2) is 41.5 Å². The predicted molar refractivity (Wildman–Crippen MR) is 72.7 cm³/mol. The molecule has 2 N–H and O–H groups in total. The van der Waals surface area contributed by atoms with Crippen LogP contribution in [0.1, 0.15) is 5.56 Å². The minimum atomic E-state index is -3.51. The molecular weight excluding hydrogens is 266 g/mol. The standard InChI is InChI=1S/C12H17N3O3S/c1-13-5-6-14-19(17,18)10-3-4-11-9(7-10)8-12(16)15(11)2/h3-4,7,13-14H,5-6,8H2,1-2H3. The van der Waals surface area contributed by atoms with Gasteiger partial charge in [0.05, 0.1) is 11.3 Å². The molecule has 6 nitrogen and oxygen atoms in total. The molecule has 2 rings (SSSR count). The minimum Gasteiger partial charge on any atom is -0.318 e. The van der Waals surface area contributed by atoms with Crippen molar-refractivity contribution in [2.75, 3.05) is 32.1 Å². The Balaban J connectivity index is 2.24. The van der Waals surface area contributed by atoms with Gasteiger partial charge >= 0.3 is 0 Å². The summed E-state index contributed by atoms with van der Waals surface area (Å²) in [5, 5.41) is 2.87. The molecule has 7 heteroatoms.